The van der Waals surface area contributed by atoms with Crippen molar-refractivity contribution in [2.75, 3.05) is 24.7 Å². The van der Waals surface area contributed by atoms with Crippen LogP contribution in [0, 0.1) is 11.6 Å². The van der Waals surface area contributed by atoms with E-state index in [1.165, 1.54) is 7.11 Å². The maximum Gasteiger partial charge on any atom is 0.151 e. The Labute approximate surface area is 93.6 Å². The van der Waals surface area contributed by atoms with Gasteiger partial charge in [-0.1, -0.05) is 0 Å². The number of halogens is 2. The van der Waals surface area contributed by atoms with Crippen molar-refractivity contribution in [3.63, 3.8) is 0 Å². The Morgan fingerprint density at radius 3 is 2.25 bits per heavy atom. The highest BCUT2D eigenvalue weighted by Crippen LogP contribution is 2.22. The minimum Gasteiger partial charge on any atom is -0.399 e. The number of nitrogen functional groups attached to an aromatic ring is 1. The van der Waals surface area contributed by atoms with Gasteiger partial charge in [-0.25, -0.2) is 8.78 Å². The fourth-order valence-corrected chi connectivity index (χ4v) is 1.14. The van der Waals surface area contributed by atoms with E-state index >= 15 is 0 Å². The third-order valence-corrected chi connectivity index (χ3v) is 2.31. The molecular formula is C11H16F2N2O. The number of hydrogen-bond acceptors (Lipinski definition) is 3. The van der Waals surface area contributed by atoms with Gasteiger partial charge in [0.2, 0.25) is 0 Å². The summed E-state index contributed by atoms with van der Waals surface area (Å²) >= 11 is 0. The lowest BCUT2D eigenvalue weighted by molar-refractivity contribution is 0.0343. The zero-order chi connectivity index (χ0) is 12.3. The number of rotatable bonds is 4. The molecule has 0 aliphatic heterocycles. The third kappa shape index (κ3) is 3.06. The van der Waals surface area contributed by atoms with Gasteiger partial charge in [-0.05, 0) is 26.0 Å². The third-order valence-electron chi connectivity index (χ3n) is 2.31. The van der Waals surface area contributed by atoms with E-state index in [1.807, 2.05) is 13.8 Å². The normalized spacial score (nSPS) is 11.6. The molecule has 0 heterocycles. The molecule has 0 fully saturated rings. The highest BCUT2D eigenvalue weighted by molar-refractivity contribution is 5.54. The van der Waals surface area contributed by atoms with Crippen molar-refractivity contribution in [2.24, 2.45) is 0 Å². The van der Waals surface area contributed by atoms with Crippen molar-refractivity contribution in [3.05, 3.63) is 23.8 Å². The van der Waals surface area contributed by atoms with Crippen molar-refractivity contribution < 1.29 is 13.5 Å². The van der Waals surface area contributed by atoms with Crippen LogP contribution in [0.4, 0.5) is 20.2 Å². The number of nitrogens with one attached hydrogen (secondary N) is 1. The van der Waals surface area contributed by atoms with Crippen molar-refractivity contribution in [1.82, 2.24) is 0 Å². The van der Waals surface area contributed by atoms with Crippen LogP contribution >= 0.6 is 0 Å². The van der Waals surface area contributed by atoms with Crippen LogP contribution in [-0.4, -0.2) is 19.3 Å². The molecule has 1 aromatic rings. The second kappa shape index (κ2) is 4.65. The molecular weight excluding hydrogens is 214 g/mol. The average Bonchev–Trinajstić information content (AvgIpc) is 2.16. The molecule has 90 valence electrons. The minimum absolute atomic E-state index is 0.0616. The molecule has 3 nitrogen and oxygen atoms in total. The Kier molecular flexibility index (Phi) is 3.70. The molecule has 0 aromatic heterocycles. The summed E-state index contributed by atoms with van der Waals surface area (Å²) in [6.07, 6.45) is 0. The first-order chi connectivity index (χ1) is 7.35. The lowest BCUT2D eigenvalue weighted by atomic mass is 10.1. The van der Waals surface area contributed by atoms with Gasteiger partial charge >= 0.3 is 0 Å². The van der Waals surface area contributed by atoms with E-state index < -0.39 is 17.2 Å². The van der Waals surface area contributed by atoms with Crippen LogP contribution in [0.1, 0.15) is 13.8 Å². The molecule has 1 aromatic carbocycles. The molecule has 0 aliphatic rings. The lowest BCUT2D eigenvalue weighted by Crippen LogP contribution is -2.32. The lowest BCUT2D eigenvalue weighted by Gasteiger charge is -2.24. The zero-order valence-electron chi connectivity index (χ0n) is 9.60. The molecule has 0 aliphatic carbocycles. The highest BCUT2D eigenvalue weighted by Gasteiger charge is 2.18. The van der Waals surface area contributed by atoms with Crippen LogP contribution in [0.3, 0.4) is 0 Å². The van der Waals surface area contributed by atoms with E-state index in [0.717, 1.165) is 12.1 Å². The van der Waals surface area contributed by atoms with Crippen LogP contribution in [0.15, 0.2) is 12.1 Å². The largest absolute Gasteiger partial charge is 0.399 e. The summed E-state index contributed by atoms with van der Waals surface area (Å²) in [7, 11) is 1.54. The molecule has 0 unspecified atom stereocenters. The Hall–Kier alpha value is -1.36. The van der Waals surface area contributed by atoms with Gasteiger partial charge in [-0.15, -0.1) is 0 Å². The first-order valence-electron chi connectivity index (χ1n) is 4.89. The number of methoxy groups -OCH3 is 1. The van der Waals surface area contributed by atoms with Crippen LogP contribution in [0.2, 0.25) is 0 Å². The molecule has 16 heavy (non-hydrogen) atoms. The number of hydrogen-bond donors (Lipinski definition) is 2. The predicted molar refractivity (Wildman–Crippen MR) is 60.3 cm³/mol. The van der Waals surface area contributed by atoms with Gasteiger partial charge in [-0.3, -0.25) is 0 Å². The Bertz CT molecular complexity index is 357. The van der Waals surface area contributed by atoms with E-state index in [9.17, 15) is 8.78 Å². The summed E-state index contributed by atoms with van der Waals surface area (Å²) < 4.78 is 31.9. The molecule has 0 atom stereocenters. The molecule has 0 amide bonds. The van der Waals surface area contributed by atoms with E-state index in [0.29, 0.717) is 6.54 Å². The molecule has 0 saturated heterocycles. The molecule has 3 N–H and O–H groups in total. The molecule has 0 radical (unpaired) electrons. The number of benzene rings is 1. The molecule has 1 rings (SSSR count). The summed E-state index contributed by atoms with van der Waals surface area (Å²) in [6.45, 7) is 3.92. The molecule has 0 spiro atoms. The van der Waals surface area contributed by atoms with Crippen LogP contribution < -0.4 is 11.1 Å². The van der Waals surface area contributed by atoms with E-state index in [-0.39, 0.29) is 11.4 Å². The predicted octanol–water partition coefficient (Wildman–Crippen LogP) is 2.38. The smallest absolute Gasteiger partial charge is 0.151 e. The van der Waals surface area contributed by atoms with Crippen molar-refractivity contribution >= 4 is 11.4 Å². The second-order valence-corrected chi connectivity index (χ2v) is 4.18. The van der Waals surface area contributed by atoms with Gasteiger partial charge in [0.05, 0.1) is 5.60 Å². The summed E-state index contributed by atoms with van der Waals surface area (Å²) in [6, 6.07) is 2.15. The monoisotopic (exact) mass is 230 g/mol. The molecule has 0 saturated carbocycles. The van der Waals surface area contributed by atoms with E-state index in [4.69, 9.17) is 10.5 Å². The summed E-state index contributed by atoms with van der Waals surface area (Å²) in [5, 5.41) is 2.67. The summed E-state index contributed by atoms with van der Waals surface area (Å²) in [5.74, 6) is -1.41. The highest BCUT2D eigenvalue weighted by atomic mass is 19.1. The van der Waals surface area contributed by atoms with Gasteiger partial charge in [0.15, 0.2) is 11.6 Å². The first-order valence-corrected chi connectivity index (χ1v) is 4.89. The first kappa shape index (κ1) is 12.7. The second-order valence-electron chi connectivity index (χ2n) is 4.18. The minimum atomic E-state index is -0.704. The maximum atomic E-state index is 13.4. The van der Waals surface area contributed by atoms with Crippen LogP contribution in [-0.2, 0) is 4.74 Å². The zero-order valence-corrected chi connectivity index (χ0v) is 9.60. The molecule has 5 heteroatoms. The van der Waals surface area contributed by atoms with Gasteiger partial charge in [0, 0.05) is 19.3 Å². The van der Waals surface area contributed by atoms with Crippen LogP contribution in [0.5, 0.6) is 0 Å². The van der Waals surface area contributed by atoms with Crippen molar-refractivity contribution in [3.8, 4) is 0 Å². The quantitative estimate of drug-likeness (QED) is 0.781. The number of anilines is 2. The number of nitrogens with two attached hydrogens (primary N) is 1. The van der Waals surface area contributed by atoms with E-state index in [1.54, 1.807) is 0 Å². The van der Waals surface area contributed by atoms with Crippen molar-refractivity contribution in [1.29, 1.82) is 0 Å². The summed E-state index contributed by atoms with van der Waals surface area (Å²) in [5.41, 5.74) is 4.68. The Morgan fingerprint density at radius 2 is 1.81 bits per heavy atom. The topological polar surface area (TPSA) is 47.3 Å². The van der Waals surface area contributed by atoms with Crippen LogP contribution in [0.25, 0.3) is 0 Å². The van der Waals surface area contributed by atoms with Gasteiger partial charge in [0.1, 0.15) is 5.69 Å². The Morgan fingerprint density at radius 1 is 1.31 bits per heavy atom. The fourth-order valence-electron chi connectivity index (χ4n) is 1.14. The Balaban J connectivity index is 2.82. The van der Waals surface area contributed by atoms with Gasteiger partial charge < -0.3 is 15.8 Å². The maximum absolute atomic E-state index is 13.4. The van der Waals surface area contributed by atoms with Crippen molar-refractivity contribution in [2.45, 2.75) is 19.4 Å². The number of ether oxygens (including phenoxy) is 1. The standard InChI is InChI=1S/C11H16F2N2O/c1-11(2,16-3)6-15-10-8(12)4-7(14)5-9(10)13/h4-5,15H,6,14H2,1-3H3. The van der Waals surface area contributed by atoms with Gasteiger partial charge in [-0.2, -0.15) is 0 Å². The average molecular weight is 230 g/mol. The fraction of sp³-hybridized carbons (Fsp3) is 0.455. The van der Waals surface area contributed by atoms with E-state index in [2.05, 4.69) is 5.32 Å². The van der Waals surface area contributed by atoms with Gasteiger partial charge in [0.25, 0.3) is 0 Å². The SMILES string of the molecule is COC(C)(C)CNc1c(F)cc(N)cc1F. The summed E-state index contributed by atoms with van der Waals surface area (Å²) in [4.78, 5) is 0. The molecule has 0 bridgehead atoms.